The Morgan fingerprint density at radius 1 is 1.22 bits per heavy atom. The molecule has 1 aliphatic rings. The number of likely N-dealkylation sites (tertiary alicyclic amines) is 1. The van der Waals surface area contributed by atoms with Gasteiger partial charge in [-0.15, -0.1) is 11.8 Å². The maximum Gasteiger partial charge on any atom is 0.253 e. The standard InChI is InChI=1S/C22H23N3OS/c1-14-10-20(24-21-12-18(27-2)6-7-19(14)21)15-4-3-5-16(11-15)22(26)25-9-8-17(23)13-25/h3-7,10-12,17H,8-9,13,23H2,1-2H3. The number of nitrogens with zero attached hydrogens (tertiary/aromatic N) is 2. The zero-order valence-corrected chi connectivity index (χ0v) is 16.4. The molecule has 1 amide bonds. The van der Waals surface area contributed by atoms with E-state index in [-0.39, 0.29) is 11.9 Å². The third-order valence-electron chi connectivity index (χ3n) is 5.14. The second kappa shape index (κ2) is 7.33. The Labute approximate surface area is 163 Å². The summed E-state index contributed by atoms with van der Waals surface area (Å²) in [5.41, 5.74) is 10.7. The molecule has 1 fully saturated rings. The van der Waals surface area contributed by atoms with Crippen molar-refractivity contribution >= 4 is 28.6 Å². The number of aryl methyl sites for hydroxylation is 1. The lowest BCUT2D eigenvalue weighted by atomic mass is 10.0. The fourth-order valence-corrected chi connectivity index (χ4v) is 4.06. The fraction of sp³-hybridized carbons (Fsp3) is 0.273. The monoisotopic (exact) mass is 377 g/mol. The van der Waals surface area contributed by atoms with Crippen LogP contribution in [0.5, 0.6) is 0 Å². The van der Waals surface area contributed by atoms with Crippen molar-refractivity contribution in [2.75, 3.05) is 19.3 Å². The highest BCUT2D eigenvalue weighted by Gasteiger charge is 2.24. The van der Waals surface area contributed by atoms with Crippen LogP contribution in [0.25, 0.3) is 22.2 Å². The Balaban J connectivity index is 1.72. The predicted molar refractivity (Wildman–Crippen MR) is 112 cm³/mol. The number of hydrogen-bond donors (Lipinski definition) is 1. The third-order valence-corrected chi connectivity index (χ3v) is 5.87. The molecule has 0 radical (unpaired) electrons. The Morgan fingerprint density at radius 3 is 2.81 bits per heavy atom. The van der Waals surface area contributed by atoms with Crippen molar-refractivity contribution in [2.45, 2.75) is 24.3 Å². The minimum atomic E-state index is 0.0481. The van der Waals surface area contributed by atoms with E-state index in [1.54, 1.807) is 11.8 Å². The summed E-state index contributed by atoms with van der Waals surface area (Å²) in [5.74, 6) is 0.0481. The number of benzene rings is 2. The smallest absolute Gasteiger partial charge is 0.253 e. The first kappa shape index (κ1) is 18.0. The van der Waals surface area contributed by atoms with Gasteiger partial charge in [0.1, 0.15) is 0 Å². The maximum absolute atomic E-state index is 12.8. The van der Waals surface area contributed by atoms with Crippen LogP contribution in [0.1, 0.15) is 22.3 Å². The topological polar surface area (TPSA) is 59.2 Å². The van der Waals surface area contributed by atoms with Crippen LogP contribution in [0.3, 0.4) is 0 Å². The molecule has 0 spiro atoms. The van der Waals surface area contributed by atoms with E-state index in [1.165, 1.54) is 10.5 Å². The summed E-state index contributed by atoms with van der Waals surface area (Å²) in [7, 11) is 0. The number of hydrogen-bond acceptors (Lipinski definition) is 4. The Bertz CT molecular complexity index is 1020. The van der Waals surface area contributed by atoms with E-state index in [2.05, 4.69) is 37.4 Å². The number of fused-ring (bicyclic) bond motifs is 1. The average Bonchev–Trinajstić information content (AvgIpc) is 3.13. The Morgan fingerprint density at radius 2 is 2.07 bits per heavy atom. The molecule has 4 rings (SSSR count). The van der Waals surface area contributed by atoms with Crippen molar-refractivity contribution in [3.63, 3.8) is 0 Å². The molecule has 2 heterocycles. The van der Waals surface area contributed by atoms with Crippen molar-refractivity contribution in [1.29, 1.82) is 0 Å². The molecule has 4 nitrogen and oxygen atoms in total. The normalized spacial score (nSPS) is 16.9. The van der Waals surface area contributed by atoms with Gasteiger partial charge in [-0.05, 0) is 55.5 Å². The van der Waals surface area contributed by atoms with Gasteiger partial charge in [-0.1, -0.05) is 18.2 Å². The van der Waals surface area contributed by atoms with Crippen molar-refractivity contribution in [2.24, 2.45) is 5.73 Å². The number of carbonyl (C=O) groups excluding carboxylic acids is 1. The number of pyridine rings is 1. The zero-order chi connectivity index (χ0) is 19.0. The minimum absolute atomic E-state index is 0.0481. The molecule has 1 atom stereocenters. The second-order valence-corrected chi connectivity index (χ2v) is 7.97. The first-order chi connectivity index (χ1) is 13.0. The summed E-state index contributed by atoms with van der Waals surface area (Å²) in [5, 5.41) is 1.16. The van der Waals surface area contributed by atoms with Gasteiger partial charge in [0.05, 0.1) is 11.2 Å². The number of nitrogens with two attached hydrogens (primary N) is 1. The molecule has 3 aromatic rings. The molecular weight excluding hydrogens is 354 g/mol. The fourth-order valence-electron chi connectivity index (χ4n) is 3.62. The molecule has 1 saturated heterocycles. The summed E-state index contributed by atoms with van der Waals surface area (Å²) >= 11 is 1.71. The summed E-state index contributed by atoms with van der Waals surface area (Å²) in [4.78, 5) is 20.7. The van der Waals surface area contributed by atoms with E-state index in [0.717, 1.165) is 35.1 Å². The molecule has 2 N–H and O–H groups in total. The highest BCUT2D eigenvalue weighted by Crippen LogP contribution is 2.28. The predicted octanol–water partition coefficient (Wildman–Crippen LogP) is 4.11. The largest absolute Gasteiger partial charge is 0.337 e. The second-order valence-electron chi connectivity index (χ2n) is 7.09. The molecule has 0 bridgehead atoms. The summed E-state index contributed by atoms with van der Waals surface area (Å²) < 4.78 is 0. The molecule has 0 aliphatic carbocycles. The zero-order valence-electron chi connectivity index (χ0n) is 15.6. The van der Waals surface area contributed by atoms with Crippen LogP contribution >= 0.6 is 11.8 Å². The number of rotatable bonds is 3. The lowest BCUT2D eigenvalue weighted by Gasteiger charge is -2.16. The van der Waals surface area contributed by atoms with Gasteiger partial charge < -0.3 is 10.6 Å². The summed E-state index contributed by atoms with van der Waals surface area (Å²) in [6, 6.07) is 16.3. The van der Waals surface area contributed by atoms with Gasteiger partial charge in [0.25, 0.3) is 5.91 Å². The van der Waals surface area contributed by atoms with Gasteiger partial charge in [-0.25, -0.2) is 4.98 Å². The lowest BCUT2D eigenvalue weighted by molar-refractivity contribution is 0.0791. The highest BCUT2D eigenvalue weighted by atomic mass is 32.2. The first-order valence-electron chi connectivity index (χ1n) is 9.16. The van der Waals surface area contributed by atoms with Crippen molar-refractivity contribution in [3.05, 3.63) is 59.7 Å². The lowest BCUT2D eigenvalue weighted by Crippen LogP contribution is -2.31. The van der Waals surface area contributed by atoms with Crippen molar-refractivity contribution in [3.8, 4) is 11.3 Å². The first-order valence-corrected chi connectivity index (χ1v) is 10.4. The number of aromatic nitrogens is 1. The van der Waals surface area contributed by atoms with Crippen LogP contribution in [0, 0.1) is 6.92 Å². The van der Waals surface area contributed by atoms with E-state index in [1.807, 2.05) is 29.2 Å². The average molecular weight is 378 g/mol. The van der Waals surface area contributed by atoms with Gasteiger partial charge in [0.15, 0.2) is 0 Å². The molecule has 27 heavy (non-hydrogen) atoms. The van der Waals surface area contributed by atoms with Gasteiger partial charge in [-0.3, -0.25) is 4.79 Å². The summed E-state index contributed by atoms with van der Waals surface area (Å²) in [6.07, 6.45) is 2.94. The quantitative estimate of drug-likeness (QED) is 0.698. The van der Waals surface area contributed by atoms with Gasteiger partial charge in [0.2, 0.25) is 0 Å². The van der Waals surface area contributed by atoms with E-state index >= 15 is 0 Å². The van der Waals surface area contributed by atoms with Crippen LogP contribution in [0.15, 0.2) is 53.4 Å². The van der Waals surface area contributed by atoms with E-state index < -0.39 is 0 Å². The van der Waals surface area contributed by atoms with Gasteiger partial charge in [0, 0.05) is 40.5 Å². The molecule has 5 heteroatoms. The maximum atomic E-state index is 12.8. The van der Waals surface area contributed by atoms with E-state index in [4.69, 9.17) is 10.7 Å². The molecule has 2 aromatic carbocycles. The molecule has 1 aromatic heterocycles. The Hall–Kier alpha value is -2.37. The van der Waals surface area contributed by atoms with Crippen LogP contribution in [-0.2, 0) is 0 Å². The number of thioether (sulfide) groups is 1. The number of amides is 1. The molecule has 138 valence electrons. The van der Waals surface area contributed by atoms with E-state index in [0.29, 0.717) is 12.1 Å². The molecule has 1 unspecified atom stereocenters. The minimum Gasteiger partial charge on any atom is -0.337 e. The van der Waals surface area contributed by atoms with Crippen molar-refractivity contribution < 1.29 is 4.79 Å². The SMILES string of the molecule is CSc1ccc2c(C)cc(-c3cccc(C(=O)N4CCC(N)C4)c3)nc2c1. The molecule has 1 aliphatic heterocycles. The van der Waals surface area contributed by atoms with Gasteiger partial charge >= 0.3 is 0 Å². The van der Waals surface area contributed by atoms with Crippen LogP contribution in [0.2, 0.25) is 0 Å². The molecular formula is C22H23N3OS. The van der Waals surface area contributed by atoms with Crippen LogP contribution < -0.4 is 5.73 Å². The summed E-state index contributed by atoms with van der Waals surface area (Å²) in [6.45, 7) is 3.47. The third kappa shape index (κ3) is 3.57. The van der Waals surface area contributed by atoms with Crippen molar-refractivity contribution in [1.82, 2.24) is 9.88 Å². The highest BCUT2D eigenvalue weighted by molar-refractivity contribution is 7.98. The van der Waals surface area contributed by atoms with Gasteiger partial charge in [-0.2, -0.15) is 0 Å². The molecule has 0 saturated carbocycles. The van der Waals surface area contributed by atoms with Crippen LogP contribution in [0.4, 0.5) is 0 Å². The van der Waals surface area contributed by atoms with E-state index in [9.17, 15) is 4.79 Å². The number of carbonyl (C=O) groups is 1. The van der Waals surface area contributed by atoms with Crippen LogP contribution in [-0.4, -0.2) is 41.2 Å². The Kier molecular flexibility index (Phi) is 4.89.